The molecule has 0 unspecified atom stereocenters. The second-order valence-corrected chi connectivity index (χ2v) is 10.7. The Kier molecular flexibility index (Phi) is 9.57. The van der Waals surface area contributed by atoms with Crippen molar-refractivity contribution < 1.29 is 40.1 Å². The summed E-state index contributed by atoms with van der Waals surface area (Å²) in [5, 5.41) is 5.74. The van der Waals surface area contributed by atoms with E-state index in [-0.39, 0.29) is 30.7 Å². The molecule has 3 aromatic rings. The molecular weight excluding hydrogens is 540 g/mol. The number of alkyl halides is 3. The number of hydrogen-bond acceptors (Lipinski definition) is 5. The molecule has 0 aliphatic carbocycles. The van der Waals surface area contributed by atoms with E-state index in [0.717, 1.165) is 17.8 Å². The molecule has 3 rings (SSSR count). The summed E-state index contributed by atoms with van der Waals surface area (Å²) >= 11 is 0. The van der Waals surface area contributed by atoms with Crippen molar-refractivity contribution in [3.63, 3.8) is 0 Å². The second-order valence-electron chi connectivity index (χ2n) is 9.14. The molecule has 0 bridgehead atoms. The summed E-state index contributed by atoms with van der Waals surface area (Å²) in [6.45, 7) is 4.04. The van der Waals surface area contributed by atoms with Gasteiger partial charge in [0.15, 0.2) is 0 Å². The number of carbonyl (C=O) groups excluding carboxylic acids is 1. The van der Waals surface area contributed by atoms with Crippen LogP contribution in [0.2, 0.25) is 0 Å². The lowest BCUT2D eigenvalue weighted by molar-refractivity contribution is -0.137. The molecule has 0 saturated heterocycles. The van der Waals surface area contributed by atoms with Gasteiger partial charge in [0, 0.05) is 23.4 Å². The standard InChI is InChI=1S/C27H28F4N2O5S/c1-17(2)25(33-21-8-3-19(4-9-21)26(34)32-13-14-39(35,36)37)16-38-22-10-5-18(6-11-22)23-12-7-20(15-24(23)28)27(29,30)31/h3-12,15,17,25,33H,13-14,16H2,1-2H3,(H,32,34)(H,35,36,37)/t25-/m1/s1. The summed E-state index contributed by atoms with van der Waals surface area (Å²) in [5.74, 6) is -1.38. The van der Waals surface area contributed by atoms with Gasteiger partial charge in [0.25, 0.3) is 16.0 Å². The number of amides is 1. The summed E-state index contributed by atoms with van der Waals surface area (Å²) in [6, 6.07) is 15.2. The molecule has 39 heavy (non-hydrogen) atoms. The first-order valence-corrected chi connectivity index (χ1v) is 13.5. The highest BCUT2D eigenvalue weighted by Crippen LogP contribution is 2.33. The van der Waals surface area contributed by atoms with Crippen LogP contribution in [0.15, 0.2) is 66.7 Å². The van der Waals surface area contributed by atoms with E-state index in [1.54, 1.807) is 48.5 Å². The Morgan fingerprint density at radius 1 is 1.00 bits per heavy atom. The third-order valence-corrected chi connectivity index (χ3v) is 6.56. The highest BCUT2D eigenvalue weighted by Gasteiger charge is 2.31. The Hall–Kier alpha value is -3.64. The molecule has 0 aliphatic rings. The van der Waals surface area contributed by atoms with Crippen molar-refractivity contribution in [3.05, 3.63) is 83.7 Å². The van der Waals surface area contributed by atoms with E-state index in [1.165, 1.54) is 0 Å². The zero-order chi connectivity index (χ0) is 28.8. The molecule has 0 fully saturated rings. The first-order chi connectivity index (χ1) is 18.2. The van der Waals surface area contributed by atoms with E-state index in [4.69, 9.17) is 9.29 Å². The summed E-state index contributed by atoms with van der Waals surface area (Å²) in [6.07, 6.45) is -4.62. The normalized spacial score (nSPS) is 12.7. The van der Waals surface area contributed by atoms with Crippen molar-refractivity contribution in [2.45, 2.75) is 26.1 Å². The average Bonchev–Trinajstić information content (AvgIpc) is 2.85. The number of benzene rings is 3. The van der Waals surface area contributed by atoms with Crippen LogP contribution in [-0.4, -0.2) is 43.8 Å². The monoisotopic (exact) mass is 568 g/mol. The van der Waals surface area contributed by atoms with Gasteiger partial charge in [0.2, 0.25) is 0 Å². The van der Waals surface area contributed by atoms with E-state index >= 15 is 0 Å². The molecule has 12 heteroatoms. The molecule has 0 saturated carbocycles. The van der Waals surface area contributed by atoms with Crippen molar-refractivity contribution >= 4 is 21.7 Å². The van der Waals surface area contributed by atoms with Crippen LogP contribution in [-0.2, 0) is 16.3 Å². The van der Waals surface area contributed by atoms with Crippen molar-refractivity contribution in [2.75, 3.05) is 24.2 Å². The van der Waals surface area contributed by atoms with Gasteiger partial charge in [-0.3, -0.25) is 9.35 Å². The third kappa shape index (κ3) is 8.96. The maximum Gasteiger partial charge on any atom is 0.416 e. The number of halogens is 4. The van der Waals surface area contributed by atoms with E-state index in [9.17, 15) is 30.8 Å². The first-order valence-electron chi connectivity index (χ1n) is 11.9. The maximum atomic E-state index is 14.3. The number of nitrogens with one attached hydrogen (secondary N) is 2. The number of anilines is 1. The SMILES string of the molecule is CC(C)[C@@H](COc1ccc(-c2ccc(C(F)(F)F)cc2F)cc1)Nc1ccc(C(=O)NCCS(=O)(=O)O)cc1. The van der Waals surface area contributed by atoms with Gasteiger partial charge in [-0.15, -0.1) is 0 Å². The fourth-order valence-corrected chi connectivity index (χ4v) is 3.93. The smallest absolute Gasteiger partial charge is 0.416 e. The topological polar surface area (TPSA) is 105 Å². The lowest BCUT2D eigenvalue weighted by atomic mass is 10.0. The van der Waals surface area contributed by atoms with Crippen LogP contribution in [0.5, 0.6) is 5.75 Å². The van der Waals surface area contributed by atoms with Crippen LogP contribution in [0.25, 0.3) is 11.1 Å². The predicted octanol–water partition coefficient (Wildman–Crippen LogP) is 5.64. The van der Waals surface area contributed by atoms with Crippen molar-refractivity contribution in [1.29, 1.82) is 0 Å². The average molecular weight is 569 g/mol. The third-order valence-electron chi connectivity index (χ3n) is 5.84. The van der Waals surface area contributed by atoms with Crippen molar-refractivity contribution in [2.24, 2.45) is 5.92 Å². The molecule has 3 aromatic carbocycles. The number of ether oxygens (including phenoxy) is 1. The zero-order valence-corrected chi connectivity index (χ0v) is 21.9. The Balaban J connectivity index is 1.58. The van der Waals surface area contributed by atoms with E-state index < -0.39 is 39.3 Å². The predicted molar refractivity (Wildman–Crippen MR) is 140 cm³/mol. The van der Waals surface area contributed by atoms with Crippen LogP contribution in [0.1, 0.15) is 29.8 Å². The molecule has 0 aliphatic heterocycles. The second kappa shape index (κ2) is 12.5. The summed E-state index contributed by atoms with van der Waals surface area (Å²) in [5.41, 5.74) is 0.447. The van der Waals surface area contributed by atoms with E-state index in [0.29, 0.717) is 22.9 Å². The van der Waals surface area contributed by atoms with Gasteiger partial charge >= 0.3 is 6.18 Å². The zero-order valence-electron chi connectivity index (χ0n) is 21.1. The Morgan fingerprint density at radius 3 is 2.18 bits per heavy atom. The molecular formula is C27H28F4N2O5S. The quantitative estimate of drug-likeness (QED) is 0.204. The summed E-state index contributed by atoms with van der Waals surface area (Å²) < 4.78 is 88.8. The van der Waals surface area contributed by atoms with Gasteiger partial charge in [0.1, 0.15) is 18.2 Å². The van der Waals surface area contributed by atoms with Gasteiger partial charge < -0.3 is 15.4 Å². The van der Waals surface area contributed by atoms with Crippen LogP contribution in [0.3, 0.4) is 0 Å². The molecule has 0 radical (unpaired) electrons. The molecule has 7 nitrogen and oxygen atoms in total. The highest BCUT2D eigenvalue weighted by atomic mass is 32.2. The lowest BCUT2D eigenvalue weighted by Gasteiger charge is -2.24. The maximum absolute atomic E-state index is 14.3. The summed E-state index contributed by atoms with van der Waals surface area (Å²) in [4.78, 5) is 12.1. The van der Waals surface area contributed by atoms with Crippen molar-refractivity contribution in [3.8, 4) is 16.9 Å². The van der Waals surface area contributed by atoms with Crippen LogP contribution in [0.4, 0.5) is 23.2 Å². The van der Waals surface area contributed by atoms with E-state index in [2.05, 4.69) is 10.6 Å². The minimum absolute atomic E-state index is 0.0480. The lowest BCUT2D eigenvalue weighted by Crippen LogP contribution is -2.32. The minimum Gasteiger partial charge on any atom is -0.491 e. The largest absolute Gasteiger partial charge is 0.491 e. The van der Waals surface area contributed by atoms with Crippen LogP contribution >= 0.6 is 0 Å². The minimum atomic E-state index is -4.62. The molecule has 0 heterocycles. The molecule has 3 N–H and O–H groups in total. The van der Waals surface area contributed by atoms with Gasteiger partial charge in [-0.25, -0.2) is 4.39 Å². The molecule has 1 amide bonds. The highest BCUT2D eigenvalue weighted by molar-refractivity contribution is 7.85. The number of hydrogen-bond donors (Lipinski definition) is 3. The van der Waals surface area contributed by atoms with Crippen LogP contribution < -0.4 is 15.4 Å². The first kappa shape index (κ1) is 29.9. The molecule has 0 aromatic heterocycles. The van der Waals surface area contributed by atoms with E-state index in [1.807, 2.05) is 13.8 Å². The fraction of sp³-hybridized carbons (Fsp3) is 0.296. The molecule has 210 valence electrons. The van der Waals surface area contributed by atoms with Gasteiger partial charge in [-0.05, 0) is 60.0 Å². The van der Waals surface area contributed by atoms with Crippen molar-refractivity contribution in [1.82, 2.24) is 5.32 Å². The van der Waals surface area contributed by atoms with Crippen LogP contribution in [0, 0.1) is 11.7 Å². The van der Waals surface area contributed by atoms with Gasteiger partial charge in [-0.2, -0.15) is 21.6 Å². The van der Waals surface area contributed by atoms with Gasteiger partial charge in [0.05, 0.1) is 17.4 Å². The fourth-order valence-electron chi connectivity index (χ4n) is 3.57. The van der Waals surface area contributed by atoms with Gasteiger partial charge in [-0.1, -0.05) is 32.0 Å². The Morgan fingerprint density at radius 2 is 1.64 bits per heavy atom. The Labute approximate surface area is 223 Å². The number of rotatable bonds is 11. The molecule has 0 spiro atoms. The number of carbonyl (C=O) groups is 1. The summed E-state index contributed by atoms with van der Waals surface area (Å²) in [7, 11) is -4.16. The molecule has 1 atom stereocenters. The Bertz CT molecular complexity index is 1380.